The molecule has 1 aliphatic rings. The van der Waals surface area contributed by atoms with Gasteiger partial charge in [-0.1, -0.05) is 31.2 Å². The Morgan fingerprint density at radius 1 is 1.26 bits per heavy atom. The molecule has 0 saturated carbocycles. The van der Waals surface area contributed by atoms with E-state index in [0.29, 0.717) is 28.7 Å². The van der Waals surface area contributed by atoms with Gasteiger partial charge in [0.25, 0.3) is 5.56 Å². The molecule has 0 fully saturated rings. The number of carbonyl (C=O) groups is 1. The monoisotopic (exact) mass is 363 g/mol. The average molecular weight is 363 g/mol. The van der Waals surface area contributed by atoms with Crippen LogP contribution in [0.3, 0.4) is 0 Å². The molecular weight excluding hydrogens is 342 g/mol. The lowest BCUT2D eigenvalue weighted by molar-refractivity contribution is -0.138. The van der Waals surface area contributed by atoms with Gasteiger partial charge in [0.2, 0.25) is 0 Å². The molecule has 1 unspecified atom stereocenters. The number of carboxylic acids is 1. The Hall–Kier alpha value is -3.15. The van der Waals surface area contributed by atoms with Gasteiger partial charge in [-0.2, -0.15) is 0 Å². The van der Waals surface area contributed by atoms with Crippen molar-refractivity contribution in [2.45, 2.75) is 38.8 Å². The van der Waals surface area contributed by atoms with Crippen LogP contribution in [0.25, 0.3) is 10.9 Å². The third-order valence-corrected chi connectivity index (χ3v) is 5.09. The van der Waals surface area contributed by atoms with Crippen LogP contribution in [0.4, 0.5) is 5.69 Å². The topological polar surface area (TPSA) is 84.2 Å². The molecule has 0 amide bonds. The predicted octanol–water partition coefficient (Wildman–Crippen LogP) is 3.14. The molecule has 1 aliphatic heterocycles. The van der Waals surface area contributed by atoms with E-state index in [2.05, 4.69) is 17.2 Å². The number of hydrogen-bond donors (Lipinski definition) is 2. The number of benzene rings is 2. The molecule has 3 aromatic rings. The average Bonchev–Trinajstić information content (AvgIpc) is 3.15. The minimum absolute atomic E-state index is 0.0599. The van der Waals surface area contributed by atoms with Crippen LogP contribution < -0.4 is 10.9 Å². The summed E-state index contributed by atoms with van der Waals surface area (Å²) in [7, 11) is 0. The number of aromatic nitrogens is 2. The maximum absolute atomic E-state index is 12.7. The van der Waals surface area contributed by atoms with Crippen molar-refractivity contribution in [1.29, 1.82) is 0 Å². The van der Waals surface area contributed by atoms with E-state index in [9.17, 15) is 14.7 Å². The largest absolute Gasteiger partial charge is 0.479 e. The second-order valence-electron chi connectivity index (χ2n) is 6.83. The second kappa shape index (κ2) is 6.87. The Kier molecular flexibility index (Phi) is 4.39. The quantitative estimate of drug-likeness (QED) is 0.727. The van der Waals surface area contributed by atoms with Gasteiger partial charge in [0, 0.05) is 18.7 Å². The first-order chi connectivity index (χ1) is 13.1. The molecule has 2 aromatic carbocycles. The second-order valence-corrected chi connectivity index (χ2v) is 6.83. The van der Waals surface area contributed by atoms with Crippen molar-refractivity contribution in [2.75, 3.05) is 5.32 Å². The van der Waals surface area contributed by atoms with Gasteiger partial charge in [-0.3, -0.25) is 9.36 Å². The van der Waals surface area contributed by atoms with Gasteiger partial charge in [-0.05, 0) is 42.2 Å². The van der Waals surface area contributed by atoms with Crippen LogP contribution >= 0.6 is 0 Å². The Bertz CT molecular complexity index is 1070. The van der Waals surface area contributed by atoms with Crippen LogP contribution in [0.1, 0.15) is 36.3 Å². The van der Waals surface area contributed by atoms with Gasteiger partial charge in [0.05, 0.1) is 10.9 Å². The van der Waals surface area contributed by atoms with Gasteiger partial charge in [-0.25, -0.2) is 9.78 Å². The molecule has 1 atom stereocenters. The van der Waals surface area contributed by atoms with E-state index >= 15 is 0 Å². The molecule has 1 aromatic heterocycles. The molecule has 27 heavy (non-hydrogen) atoms. The molecule has 6 nitrogen and oxygen atoms in total. The molecule has 0 spiro atoms. The number of fused-ring (bicyclic) bond motifs is 2. The number of carboxylic acid groups (broad SMARTS) is 1. The first-order valence-electron chi connectivity index (χ1n) is 9.18. The maximum atomic E-state index is 12.7. The molecule has 0 aliphatic carbocycles. The van der Waals surface area contributed by atoms with E-state index in [1.807, 2.05) is 24.3 Å². The van der Waals surface area contributed by atoms with Gasteiger partial charge in [-0.15, -0.1) is 0 Å². The van der Waals surface area contributed by atoms with Crippen molar-refractivity contribution < 1.29 is 9.90 Å². The number of aliphatic carboxylic acids is 1. The molecule has 0 radical (unpaired) electrons. The molecule has 0 saturated heterocycles. The third-order valence-electron chi connectivity index (χ3n) is 5.09. The Morgan fingerprint density at radius 2 is 2.04 bits per heavy atom. The van der Waals surface area contributed by atoms with Crippen molar-refractivity contribution >= 4 is 22.6 Å². The number of anilines is 1. The lowest BCUT2D eigenvalue weighted by Crippen LogP contribution is -2.22. The van der Waals surface area contributed by atoms with Gasteiger partial charge >= 0.3 is 5.97 Å². The lowest BCUT2D eigenvalue weighted by atomic mass is 10.0. The zero-order valence-electron chi connectivity index (χ0n) is 15.1. The van der Waals surface area contributed by atoms with Crippen molar-refractivity contribution in [3.63, 3.8) is 0 Å². The highest BCUT2D eigenvalue weighted by atomic mass is 16.4. The fraction of sp³-hybridized carbons (Fsp3) is 0.286. The van der Waals surface area contributed by atoms with Gasteiger partial charge < -0.3 is 10.4 Å². The molecule has 138 valence electrons. The van der Waals surface area contributed by atoms with E-state index in [1.165, 1.54) is 0 Å². The van der Waals surface area contributed by atoms with E-state index in [1.54, 1.807) is 22.8 Å². The molecule has 2 N–H and O–H groups in total. The fourth-order valence-corrected chi connectivity index (χ4v) is 3.57. The molecule has 2 heterocycles. The van der Waals surface area contributed by atoms with Crippen molar-refractivity contribution in [3.8, 4) is 0 Å². The zero-order chi connectivity index (χ0) is 19.0. The summed E-state index contributed by atoms with van der Waals surface area (Å²) in [5, 5.41) is 13.2. The van der Waals surface area contributed by atoms with E-state index in [-0.39, 0.29) is 5.56 Å². The van der Waals surface area contributed by atoms with Crippen molar-refractivity contribution in [3.05, 3.63) is 69.8 Å². The molecule has 6 heteroatoms. The molecular formula is C21H21N3O3. The highest BCUT2D eigenvalue weighted by molar-refractivity contribution is 5.84. The highest BCUT2D eigenvalue weighted by Crippen LogP contribution is 2.24. The van der Waals surface area contributed by atoms with Crippen LogP contribution in [0.5, 0.6) is 0 Å². The van der Waals surface area contributed by atoms with E-state index in [4.69, 9.17) is 0 Å². The SMILES string of the molecule is CCc1ccc(C(Nc2ccc3nc4n(c(=O)c3c2)CCC4)C(=O)O)cc1. The summed E-state index contributed by atoms with van der Waals surface area (Å²) in [6.07, 6.45) is 2.65. The summed E-state index contributed by atoms with van der Waals surface area (Å²) in [6, 6.07) is 11.9. The summed E-state index contributed by atoms with van der Waals surface area (Å²) < 4.78 is 1.71. The lowest BCUT2D eigenvalue weighted by Gasteiger charge is -2.17. The van der Waals surface area contributed by atoms with E-state index < -0.39 is 12.0 Å². The maximum Gasteiger partial charge on any atom is 0.330 e. The van der Waals surface area contributed by atoms with Crippen LogP contribution in [-0.2, 0) is 24.2 Å². The van der Waals surface area contributed by atoms with Gasteiger partial charge in [0.1, 0.15) is 5.82 Å². The van der Waals surface area contributed by atoms with Crippen LogP contribution in [-0.4, -0.2) is 20.6 Å². The number of nitrogens with zero attached hydrogens (tertiary/aromatic N) is 2. The summed E-state index contributed by atoms with van der Waals surface area (Å²) in [6.45, 7) is 2.75. The highest BCUT2D eigenvalue weighted by Gasteiger charge is 2.21. The third kappa shape index (κ3) is 3.18. The molecule has 0 bridgehead atoms. The normalized spacial score (nSPS) is 14.1. The van der Waals surface area contributed by atoms with E-state index in [0.717, 1.165) is 30.7 Å². The van der Waals surface area contributed by atoms with Crippen molar-refractivity contribution in [1.82, 2.24) is 9.55 Å². The number of aryl methyl sites for hydroxylation is 2. The molecule has 4 rings (SSSR count). The smallest absolute Gasteiger partial charge is 0.330 e. The van der Waals surface area contributed by atoms with Crippen LogP contribution in [0.2, 0.25) is 0 Å². The summed E-state index contributed by atoms with van der Waals surface area (Å²) in [5.41, 5.74) is 3.00. The van der Waals surface area contributed by atoms with Crippen molar-refractivity contribution in [2.24, 2.45) is 0 Å². The fourth-order valence-electron chi connectivity index (χ4n) is 3.57. The summed E-state index contributed by atoms with van der Waals surface area (Å²) in [5.74, 6) is -0.143. The van der Waals surface area contributed by atoms with Crippen LogP contribution in [0.15, 0.2) is 47.3 Å². The first kappa shape index (κ1) is 17.3. The Morgan fingerprint density at radius 3 is 2.74 bits per heavy atom. The summed E-state index contributed by atoms with van der Waals surface area (Å²) in [4.78, 5) is 29.1. The van der Waals surface area contributed by atoms with Gasteiger partial charge in [0.15, 0.2) is 6.04 Å². The predicted molar refractivity (Wildman–Crippen MR) is 104 cm³/mol. The minimum Gasteiger partial charge on any atom is -0.479 e. The number of hydrogen-bond acceptors (Lipinski definition) is 4. The summed E-state index contributed by atoms with van der Waals surface area (Å²) >= 11 is 0. The first-order valence-corrected chi connectivity index (χ1v) is 9.18. The van der Waals surface area contributed by atoms with Crippen LogP contribution in [0, 0.1) is 0 Å². The Balaban J connectivity index is 1.70. The Labute approximate surface area is 156 Å². The number of rotatable bonds is 5. The number of nitrogens with one attached hydrogen (secondary N) is 1. The zero-order valence-corrected chi connectivity index (χ0v) is 15.1. The standard InChI is InChI=1S/C21H21N3O3/c1-2-13-5-7-14(8-6-13)19(21(26)27)22-15-9-10-17-16(12-15)20(25)24-11-3-4-18(24)23-17/h5-10,12,19,22H,2-4,11H2,1H3,(H,26,27). The minimum atomic E-state index is -0.969.